The number of likely N-dealkylation sites (tertiary alicyclic amines) is 1. The molecule has 134 valence electrons. The van der Waals surface area contributed by atoms with E-state index in [1.807, 2.05) is 18.2 Å². The van der Waals surface area contributed by atoms with Gasteiger partial charge in [0, 0.05) is 50.6 Å². The topological polar surface area (TPSA) is 84.8 Å². The maximum absolute atomic E-state index is 11.1. The van der Waals surface area contributed by atoms with Gasteiger partial charge in [-0.1, -0.05) is 0 Å². The van der Waals surface area contributed by atoms with E-state index in [4.69, 9.17) is 14.6 Å². The maximum Gasteiger partial charge on any atom is 0.407 e. The Morgan fingerprint density at radius 3 is 2.80 bits per heavy atom. The summed E-state index contributed by atoms with van der Waals surface area (Å²) < 4.78 is 10.7. The Bertz CT molecular complexity index is 729. The third-order valence-electron chi connectivity index (χ3n) is 4.55. The van der Waals surface area contributed by atoms with Gasteiger partial charge < -0.3 is 19.5 Å². The van der Waals surface area contributed by atoms with Crippen LogP contribution in [0, 0.1) is 0 Å². The highest BCUT2D eigenvalue weighted by molar-refractivity contribution is 5.82. The molecule has 2 heterocycles. The average molecular weight is 345 g/mol. The fourth-order valence-corrected chi connectivity index (χ4v) is 3.21. The van der Waals surface area contributed by atoms with Crippen LogP contribution >= 0.6 is 0 Å². The summed E-state index contributed by atoms with van der Waals surface area (Å²) in [6.45, 7) is 2.37. The normalized spacial score (nSPS) is 15.5. The number of nitrogens with zero attached hydrogens (tertiary/aromatic N) is 3. The molecular formula is C18H23N3O4. The number of methoxy groups -OCH3 is 1. The number of amides is 1. The van der Waals surface area contributed by atoms with Gasteiger partial charge in [0.05, 0.1) is 17.8 Å². The molecule has 1 amide bonds. The second-order valence-corrected chi connectivity index (χ2v) is 6.18. The van der Waals surface area contributed by atoms with Gasteiger partial charge in [0.1, 0.15) is 12.1 Å². The van der Waals surface area contributed by atoms with Crippen LogP contribution in [0.1, 0.15) is 30.9 Å². The van der Waals surface area contributed by atoms with E-state index in [9.17, 15) is 4.79 Å². The van der Waals surface area contributed by atoms with Crippen LogP contribution in [0.3, 0.4) is 0 Å². The first kappa shape index (κ1) is 17.4. The number of hydrogen-bond donors (Lipinski definition) is 1. The van der Waals surface area contributed by atoms with Gasteiger partial charge in [-0.05, 0) is 25.0 Å². The Morgan fingerprint density at radius 2 is 2.08 bits per heavy atom. The highest BCUT2D eigenvalue weighted by atomic mass is 16.5. The van der Waals surface area contributed by atoms with E-state index in [1.54, 1.807) is 13.4 Å². The van der Waals surface area contributed by atoms with Crippen molar-refractivity contribution < 1.29 is 19.4 Å². The van der Waals surface area contributed by atoms with Crippen LogP contribution in [0.5, 0.6) is 5.75 Å². The van der Waals surface area contributed by atoms with E-state index in [0.29, 0.717) is 26.3 Å². The average Bonchev–Trinajstić information content (AvgIpc) is 2.64. The minimum atomic E-state index is -0.846. The molecule has 0 unspecified atom stereocenters. The number of hydrogen-bond acceptors (Lipinski definition) is 5. The van der Waals surface area contributed by atoms with Gasteiger partial charge in [0.15, 0.2) is 0 Å². The van der Waals surface area contributed by atoms with Gasteiger partial charge in [-0.25, -0.2) is 14.8 Å². The summed E-state index contributed by atoms with van der Waals surface area (Å²) in [6.07, 6.45) is 3.14. The molecule has 1 aliphatic rings. The minimum absolute atomic E-state index is 0.259. The highest BCUT2D eigenvalue weighted by Crippen LogP contribution is 2.32. The second kappa shape index (κ2) is 8.11. The number of carbonyl (C=O) groups is 1. The van der Waals surface area contributed by atoms with Crippen LogP contribution in [0.2, 0.25) is 0 Å². The predicted octanol–water partition coefficient (Wildman–Crippen LogP) is 2.90. The maximum atomic E-state index is 11.1. The smallest absolute Gasteiger partial charge is 0.407 e. The number of carboxylic acid groups (broad SMARTS) is 1. The summed E-state index contributed by atoms with van der Waals surface area (Å²) in [4.78, 5) is 21.4. The van der Waals surface area contributed by atoms with Crippen molar-refractivity contribution in [3.05, 3.63) is 30.2 Å². The van der Waals surface area contributed by atoms with Crippen LogP contribution in [0.15, 0.2) is 24.5 Å². The Morgan fingerprint density at radius 1 is 1.28 bits per heavy atom. The van der Waals surface area contributed by atoms with E-state index < -0.39 is 6.09 Å². The van der Waals surface area contributed by atoms with E-state index in [1.165, 1.54) is 4.90 Å². The Hall–Kier alpha value is -2.41. The first-order chi connectivity index (χ1) is 12.2. The molecule has 0 spiro atoms. The molecule has 7 heteroatoms. The summed E-state index contributed by atoms with van der Waals surface area (Å²) in [5, 5.41) is 10.1. The van der Waals surface area contributed by atoms with Crippen molar-refractivity contribution in [3.63, 3.8) is 0 Å². The fourth-order valence-electron chi connectivity index (χ4n) is 3.21. The minimum Gasteiger partial charge on any atom is -0.493 e. The molecule has 0 radical (unpaired) electrons. The molecule has 0 bridgehead atoms. The third-order valence-corrected chi connectivity index (χ3v) is 4.55. The zero-order chi connectivity index (χ0) is 17.6. The molecule has 1 N–H and O–H groups in total. The van der Waals surface area contributed by atoms with E-state index in [-0.39, 0.29) is 5.92 Å². The van der Waals surface area contributed by atoms with E-state index >= 15 is 0 Å². The van der Waals surface area contributed by atoms with Crippen LogP contribution < -0.4 is 4.74 Å². The third kappa shape index (κ3) is 4.17. The van der Waals surface area contributed by atoms with Gasteiger partial charge in [0.25, 0.3) is 0 Å². The summed E-state index contributed by atoms with van der Waals surface area (Å²) in [5.74, 6) is 1.04. The molecular weight excluding hydrogens is 322 g/mol. The monoisotopic (exact) mass is 345 g/mol. The predicted molar refractivity (Wildman–Crippen MR) is 93.1 cm³/mol. The Kier molecular flexibility index (Phi) is 5.65. The van der Waals surface area contributed by atoms with Crippen LogP contribution in [-0.4, -0.2) is 59.5 Å². The first-order valence-electron chi connectivity index (χ1n) is 8.53. The molecule has 25 heavy (non-hydrogen) atoms. The van der Waals surface area contributed by atoms with Gasteiger partial charge >= 0.3 is 6.09 Å². The van der Waals surface area contributed by atoms with Gasteiger partial charge in [0.2, 0.25) is 0 Å². The largest absolute Gasteiger partial charge is 0.493 e. The molecule has 7 nitrogen and oxygen atoms in total. The molecule has 0 aliphatic carbocycles. The number of ether oxygens (including phenoxy) is 2. The number of fused-ring (bicyclic) bond motifs is 1. The lowest BCUT2D eigenvalue weighted by molar-refractivity contribution is 0.132. The second-order valence-electron chi connectivity index (χ2n) is 6.18. The van der Waals surface area contributed by atoms with Crippen molar-refractivity contribution in [1.29, 1.82) is 0 Å². The fraction of sp³-hybridized carbons (Fsp3) is 0.500. The first-order valence-corrected chi connectivity index (χ1v) is 8.53. The van der Waals surface area contributed by atoms with Crippen LogP contribution in [0.4, 0.5) is 4.79 Å². The van der Waals surface area contributed by atoms with Gasteiger partial charge in [-0.15, -0.1) is 0 Å². The molecule has 0 saturated carbocycles. The van der Waals surface area contributed by atoms with Crippen molar-refractivity contribution in [2.45, 2.75) is 25.2 Å². The Balaban J connectivity index is 1.73. The van der Waals surface area contributed by atoms with Crippen molar-refractivity contribution >= 4 is 17.0 Å². The van der Waals surface area contributed by atoms with E-state index in [2.05, 4.69) is 9.97 Å². The molecule has 1 aromatic carbocycles. The van der Waals surface area contributed by atoms with Crippen molar-refractivity contribution in [2.24, 2.45) is 0 Å². The SMILES string of the molecule is COCCCOc1ccc2c(C3CCN(C(=O)O)CC3)ncnc2c1. The lowest BCUT2D eigenvalue weighted by Crippen LogP contribution is -2.37. The summed E-state index contributed by atoms with van der Waals surface area (Å²) in [6, 6.07) is 5.87. The highest BCUT2D eigenvalue weighted by Gasteiger charge is 2.25. The quantitative estimate of drug-likeness (QED) is 0.810. The number of rotatable bonds is 6. The molecule has 1 aromatic heterocycles. The lowest BCUT2D eigenvalue weighted by Gasteiger charge is -2.30. The zero-order valence-electron chi connectivity index (χ0n) is 14.4. The lowest BCUT2D eigenvalue weighted by atomic mass is 9.91. The summed E-state index contributed by atoms with van der Waals surface area (Å²) >= 11 is 0. The zero-order valence-corrected chi connectivity index (χ0v) is 14.4. The molecule has 1 saturated heterocycles. The van der Waals surface area contributed by atoms with Crippen molar-refractivity contribution in [1.82, 2.24) is 14.9 Å². The molecule has 1 aliphatic heterocycles. The van der Waals surface area contributed by atoms with Gasteiger partial charge in [-0.2, -0.15) is 0 Å². The van der Waals surface area contributed by atoms with Crippen LogP contribution in [0.25, 0.3) is 10.9 Å². The number of aromatic nitrogens is 2. The molecule has 2 aromatic rings. The number of piperidine rings is 1. The summed E-state index contributed by atoms with van der Waals surface area (Å²) in [7, 11) is 1.68. The Labute approximate surface area is 146 Å². The molecule has 3 rings (SSSR count). The number of benzene rings is 1. The molecule has 1 fully saturated rings. The summed E-state index contributed by atoms with van der Waals surface area (Å²) in [5.41, 5.74) is 1.86. The van der Waals surface area contributed by atoms with Crippen molar-refractivity contribution in [2.75, 3.05) is 33.4 Å². The van der Waals surface area contributed by atoms with Crippen LogP contribution in [-0.2, 0) is 4.74 Å². The van der Waals surface area contributed by atoms with E-state index in [0.717, 1.165) is 41.6 Å². The van der Waals surface area contributed by atoms with Gasteiger partial charge in [-0.3, -0.25) is 0 Å². The standard InChI is InChI=1S/C18H23N3O4/c1-24-9-2-10-25-14-3-4-15-16(11-14)19-12-20-17(15)13-5-7-21(8-6-13)18(22)23/h3-4,11-13H,2,5-10H2,1H3,(H,22,23). The molecule has 0 atom stereocenters. The van der Waals surface area contributed by atoms with Crippen molar-refractivity contribution in [3.8, 4) is 5.75 Å².